The molecule has 0 bridgehead atoms. The maximum Gasteiger partial charge on any atom is 0.335 e. The van der Waals surface area contributed by atoms with Gasteiger partial charge in [-0.2, -0.15) is 0 Å². The Labute approximate surface area is 171 Å². The monoisotopic (exact) mass is 413 g/mol. The number of amidine groups is 1. The summed E-state index contributed by atoms with van der Waals surface area (Å²) in [6, 6.07) is 13.0. The van der Waals surface area contributed by atoms with E-state index < -0.39 is 11.2 Å². The van der Waals surface area contributed by atoms with Crippen LogP contribution in [0.4, 0.5) is 11.4 Å². The number of aliphatic imine (C=N–C) groups is 1. The molecule has 0 spiro atoms. The molecule has 8 nitrogen and oxygen atoms in total. The van der Waals surface area contributed by atoms with Gasteiger partial charge in [0, 0.05) is 12.1 Å². The summed E-state index contributed by atoms with van der Waals surface area (Å²) in [5, 5.41) is 14.1. The van der Waals surface area contributed by atoms with Crippen LogP contribution in [0, 0.1) is 0 Å². The quantitative estimate of drug-likeness (QED) is 0.642. The minimum absolute atomic E-state index is 0.0283. The van der Waals surface area contributed by atoms with Gasteiger partial charge in [0.15, 0.2) is 5.17 Å². The van der Waals surface area contributed by atoms with Crippen molar-refractivity contribution < 1.29 is 24.2 Å². The Kier molecular flexibility index (Phi) is 6.50. The van der Waals surface area contributed by atoms with E-state index in [9.17, 15) is 14.4 Å². The third kappa shape index (κ3) is 5.58. The van der Waals surface area contributed by atoms with Gasteiger partial charge in [0.25, 0.3) is 0 Å². The fraction of sp³-hybridized carbons (Fsp3) is 0.200. The molecular weight excluding hydrogens is 394 g/mol. The number of amides is 2. The SMILES string of the molecule is CCOc1ccc(N=C2NC(=O)C(CC(=O)Nc3ccc(C(=O)O)cc3)S2)cc1. The van der Waals surface area contributed by atoms with E-state index in [-0.39, 0.29) is 23.8 Å². The van der Waals surface area contributed by atoms with Crippen molar-refractivity contribution in [2.24, 2.45) is 4.99 Å². The fourth-order valence-corrected chi connectivity index (χ4v) is 3.56. The number of hydrogen-bond donors (Lipinski definition) is 3. The predicted octanol–water partition coefficient (Wildman–Crippen LogP) is 3.03. The molecule has 0 aliphatic carbocycles. The number of thioether (sulfide) groups is 1. The molecule has 0 aromatic heterocycles. The van der Waals surface area contributed by atoms with Crippen molar-refractivity contribution in [3.63, 3.8) is 0 Å². The van der Waals surface area contributed by atoms with Crippen molar-refractivity contribution in [1.29, 1.82) is 0 Å². The second-order valence-electron chi connectivity index (χ2n) is 6.07. The van der Waals surface area contributed by atoms with E-state index in [4.69, 9.17) is 9.84 Å². The predicted molar refractivity (Wildman–Crippen MR) is 111 cm³/mol. The van der Waals surface area contributed by atoms with Crippen LogP contribution in [0.3, 0.4) is 0 Å². The molecule has 2 aromatic carbocycles. The maximum atomic E-state index is 12.2. The van der Waals surface area contributed by atoms with Crippen LogP contribution >= 0.6 is 11.8 Å². The molecule has 1 atom stereocenters. The first-order valence-corrected chi connectivity index (χ1v) is 9.75. The Hall–Kier alpha value is -3.33. The molecule has 1 aliphatic heterocycles. The van der Waals surface area contributed by atoms with Crippen LogP contribution in [0.2, 0.25) is 0 Å². The van der Waals surface area contributed by atoms with Crippen LogP contribution in [0.15, 0.2) is 53.5 Å². The molecule has 1 heterocycles. The van der Waals surface area contributed by atoms with E-state index in [2.05, 4.69) is 15.6 Å². The van der Waals surface area contributed by atoms with E-state index in [1.807, 2.05) is 6.92 Å². The van der Waals surface area contributed by atoms with Crippen LogP contribution in [0.5, 0.6) is 5.75 Å². The average molecular weight is 413 g/mol. The van der Waals surface area contributed by atoms with E-state index >= 15 is 0 Å². The van der Waals surface area contributed by atoms with Gasteiger partial charge in [0.05, 0.1) is 17.9 Å². The zero-order valence-corrected chi connectivity index (χ0v) is 16.4. The Morgan fingerprint density at radius 2 is 1.86 bits per heavy atom. The third-order valence-electron chi connectivity index (χ3n) is 3.94. The van der Waals surface area contributed by atoms with E-state index in [0.29, 0.717) is 23.1 Å². The van der Waals surface area contributed by atoms with Crippen LogP contribution in [0.1, 0.15) is 23.7 Å². The summed E-state index contributed by atoms with van der Waals surface area (Å²) in [4.78, 5) is 39.6. The fourth-order valence-electron chi connectivity index (χ4n) is 2.57. The standard InChI is InChI=1S/C20H19N3O5S/c1-2-28-15-9-7-14(8-10-15)22-20-23-18(25)16(29-20)11-17(24)21-13-5-3-12(4-6-13)19(26)27/h3-10,16H,2,11H2,1H3,(H,21,24)(H,26,27)(H,22,23,25). The van der Waals surface area contributed by atoms with E-state index in [1.54, 1.807) is 24.3 Å². The van der Waals surface area contributed by atoms with Crippen molar-refractivity contribution in [3.05, 3.63) is 54.1 Å². The number of aromatic carboxylic acids is 1. The van der Waals surface area contributed by atoms with Crippen molar-refractivity contribution in [2.45, 2.75) is 18.6 Å². The molecule has 1 aliphatic rings. The number of carbonyl (C=O) groups excluding carboxylic acids is 2. The Morgan fingerprint density at radius 3 is 2.48 bits per heavy atom. The molecule has 1 fully saturated rings. The largest absolute Gasteiger partial charge is 0.494 e. The summed E-state index contributed by atoms with van der Waals surface area (Å²) in [6.45, 7) is 2.48. The zero-order chi connectivity index (χ0) is 20.8. The molecular formula is C20H19N3O5S. The van der Waals surface area contributed by atoms with Crippen molar-refractivity contribution >= 4 is 46.1 Å². The molecule has 3 N–H and O–H groups in total. The van der Waals surface area contributed by atoms with Crippen molar-refractivity contribution in [2.75, 3.05) is 11.9 Å². The first-order valence-electron chi connectivity index (χ1n) is 8.87. The van der Waals surface area contributed by atoms with Gasteiger partial charge in [-0.15, -0.1) is 0 Å². The van der Waals surface area contributed by atoms with Crippen molar-refractivity contribution in [1.82, 2.24) is 5.32 Å². The molecule has 150 valence electrons. The second kappa shape index (κ2) is 9.24. The summed E-state index contributed by atoms with van der Waals surface area (Å²) >= 11 is 1.19. The molecule has 0 radical (unpaired) electrons. The van der Waals surface area contributed by atoms with Crippen LogP contribution in [0.25, 0.3) is 0 Å². The number of rotatable bonds is 7. The average Bonchev–Trinajstić information content (AvgIpc) is 3.02. The van der Waals surface area contributed by atoms with Crippen LogP contribution < -0.4 is 15.4 Å². The number of benzene rings is 2. The smallest absolute Gasteiger partial charge is 0.335 e. The molecule has 29 heavy (non-hydrogen) atoms. The Morgan fingerprint density at radius 1 is 1.17 bits per heavy atom. The summed E-state index contributed by atoms with van der Waals surface area (Å²) in [5.41, 5.74) is 1.26. The zero-order valence-electron chi connectivity index (χ0n) is 15.5. The number of ether oxygens (including phenoxy) is 1. The van der Waals surface area contributed by atoms with Crippen LogP contribution in [-0.2, 0) is 9.59 Å². The summed E-state index contributed by atoms with van der Waals surface area (Å²) in [5.74, 6) is -0.925. The maximum absolute atomic E-state index is 12.2. The van der Waals surface area contributed by atoms with Gasteiger partial charge in [0.2, 0.25) is 11.8 Å². The number of anilines is 1. The summed E-state index contributed by atoms with van der Waals surface area (Å²) in [6.07, 6.45) is -0.0283. The van der Waals surface area contributed by atoms with Gasteiger partial charge in [0.1, 0.15) is 11.0 Å². The highest BCUT2D eigenvalue weighted by atomic mass is 32.2. The number of carbonyl (C=O) groups is 3. The molecule has 3 rings (SSSR count). The summed E-state index contributed by atoms with van der Waals surface area (Å²) < 4.78 is 5.38. The lowest BCUT2D eigenvalue weighted by Crippen LogP contribution is -2.28. The molecule has 2 amide bonds. The second-order valence-corrected chi connectivity index (χ2v) is 7.27. The van der Waals surface area contributed by atoms with Gasteiger partial charge in [-0.1, -0.05) is 11.8 Å². The molecule has 1 unspecified atom stereocenters. The van der Waals surface area contributed by atoms with Gasteiger partial charge < -0.3 is 20.5 Å². The van der Waals surface area contributed by atoms with E-state index in [0.717, 1.165) is 5.75 Å². The third-order valence-corrected chi connectivity index (χ3v) is 5.02. The van der Waals surface area contributed by atoms with E-state index in [1.165, 1.54) is 36.0 Å². The lowest BCUT2D eigenvalue weighted by molar-refractivity contribution is -0.122. The van der Waals surface area contributed by atoms with Gasteiger partial charge >= 0.3 is 5.97 Å². The van der Waals surface area contributed by atoms with Crippen LogP contribution in [-0.4, -0.2) is 39.9 Å². The summed E-state index contributed by atoms with van der Waals surface area (Å²) in [7, 11) is 0. The molecule has 2 aromatic rings. The number of hydrogen-bond acceptors (Lipinski definition) is 6. The normalized spacial score (nSPS) is 17.1. The topological polar surface area (TPSA) is 117 Å². The first-order chi connectivity index (χ1) is 13.9. The lowest BCUT2D eigenvalue weighted by atomic mass is 10.2. The Bertz CT molecular complexity index is 942. The molecule has 9 heteroatoms. The Balaban J connectivity index is 1.57. The minimum Gasteiger partial charge on any atom is -0.494 e. The number of nitrogens with zero attached hydrogens (tertiary/aromatic N) is 1. The van der Waals surface area contributed by atoms with Crippen molar-refractivity contribution in [3.8, 4) is 5.75 Å². The number of carboxylic acid groups (broad SMARTS) is 1. The van der Waals surface area contributed by atoms with Gasteiger partial charge in [-0.3, -0.25) is 9.59 Å². The molecule has 0 saturated carbocycles. The van der Waals surface area contributed by atoms with Gasteiger partial charge in [-0.05, 0) is 55.5 Å². The lowest BCUT2D eigenvalue weighted by Gasteiger charge is -2.07. The number of carboxylic acids is 1. The number of nitrogens with one attached hydrogen (secondary N) is 2. The highest BCUT2D eigenvalue weighted by molar-refractivity contribution is 8.15. The first kappa shape index (κ1) is 20.4. The highest BCUT2D eigenvalue weighted by Gasteiger charge is 2.32. The van der Waals surface area contributed by atoms with Gasteiger partial charge in [-0.25, -0.2) is 9.79 Å². The molecule has 1 saturated heterocycles. The highest BCUT2D eigenvalue weighted by Crippen LogP contribution is 2.26. The minimum atomic E-state index is -1.04.